The van der Waals surface area contributed by atoms with Crippen molar-refractivity contribution in [1.29, 1.82) is 0 Å². The molecule has 0 saturated heterocycles. The first-order chi connectivity index (χ1) is 16.8. The molecule has 0 aromatic heterocycles. The molecule has 1 N–H and O–H groups in total. The van der Waals surface area contributed by atoms with Crippen molar-refractivity contribution in [1.82, 2.24) is 5.32 Å². The highest BCUT2D eigenvalue weighted by Gasteiger charge is 2.27. The van der Waals surface area contributed by atoms with Gasteiger partial charge in [0.2, 0.25) is 5.91 Å². The molecule has 3 aromatic carbocycles. The Kier molecular flexibility index (Phi) is 9.32. The van der Waals surface area contributed by atoms with Gasteiger partial charge in [-0.25, -0.2) is 8.42 Å². The summed E-state index contributed by atoms with van der Waals surface area (Å²) in [4.78, 5) is 13.0. The number of hydrogen-bond acceptors (Lipinski definition) is 4. The summed E-state index contributed by atoms with van der Waals surface area (Å²) in [5.41, 5.74) is 3.52. The molecule has 0 radical (unpaired) electrons. The number of anilines is 1. The summed E-state index contributed by atoms with van der Waals surface area (Å²) in [7, 11) is -3.91. The van der Waals surface area contributed by atoms with Gasteiger partial charge in [0.25, 0.3) is 10.0 Å². The van der Waals surface area contributed by atoms with Crippen molar-refractivity contribution in [2.45, 2.75) is 44.9 Å². The topological polar surface area (TPSA) is 75.7 Å². The van der Waals surface area contributed by atoms with E-state index >= 15 is 0 Å². The van der Waals surface area contributed by atoms with E-state index < -0.39 is 10.0 Å². The number of amides is 1. The van der Waals surface area contributed by atoms with Crippen molar-refractivity contribution in [3.05, 3.63) is 89.5 Å². The number of para-hydroxylation sites is 1. The Bertz CT molecular complexity index is 1210. The maximum absolute atomic E-state index is 13.4. The Hall–Kier alpha value is -3.32. The van der Waals surface area contributed by atoms with Crippen LogP contribution in [0.25, 0.3) is 0 Å². The fourth-order valence-electron chi connectivity index (χ4n) is 3.62. The van der Waals surface area contributed by atoms with Crippen LogP contribution in [0.1, 0.15) is 36.5 Å². The van der Waals surface area contributed by atoms with Crippen LogP contribution >= 0.6 is 0 Å². The van der Waals surface area contributed by atoms with Gasteiger partial charge >= 0.3 is 0 Å². The Morgan fingerprint density at radius 1 is 0.914 bits per heavy atom. The fraction of sp³-hybridized carbons (Fsp3) is 0.321. The van der Waals surface area contributed by atoms with Gasteiger partial charge in [0.1, 0.15) is 12.3 Å². The van der Waals surface area contributed by atoms with Crippen molar-refractivity contribution < 1.29 is 17.9 Å². The van der Waals surface area contributed by atoms with E-state index in [1.807, 2.05) is 50.2 Å². The van der Waals surface area contributed by atoms with Gasteiger partial charge in [-0.1, -0.05) is 60.5 Å². The van der Waals surface area contributed by atoms with Crippen molar-refractivity contribution in [2.24, 2.45) is 0 Å². The molecular weight excluding hydrogens is 460 g/mol. The minimum absolute atomic E-state index is 0.153. The van der Waals surface area contributed by atoms with Gasteiger partial charge in [-0.3, -0.25) is 9.10 Å². The zero-order valence-corrected chi connectivity index (χ0v) is 21.5. The SMILES string of the molecule is CCCOc1ccccc1CCCNC(=O)CN(c1ccc(C)cc1)S(=O)(=O)c1ccc(C)cc1. The lowest BCUT2D eigenvalue weighted by atomic mass is 10.1. The van der Waals surface area contributed by atoms with E-state index in [0.29, 0.717) is 25.3 Å². The zero-order chi connectivity index (χ0) is 25.3. The number of carbonyl (C=O) groups excluding carboxylic acids is 1. The van der Waals surface area contributed by atoms with Crippen LogP contribution in [0.4, 0.5) is 5.69 Å². The van der Waals surface area contributed by atoms with Gasteiger partial charge in [0.15, 0.2) is 0 Å². The van der Waals surface area contributed by atoms with Crippen molar-refractivity contribution in [3.8, 4) is 5.75 Å². The third-order valence-electron chi connectivity index (χ3n) is 5.60. The quantitative estimate of drug-likeness (QED) is 0.358. The van der Waals surface area contributed by atoms with E-state index in [4.69, 9.17) is 4.74 Å². The molecule has 1 amide bonds. The Morgan fingerprint density at radius 3 is 2.20 bits per heavy atom. The zero-order valence-electron chi connectivity index (χ0n) is 20.7. The minimum Gasteiger partial charge on any atom is -0.493 e. The number of ether oxygens (including phenoxy) is 1. The van der Waals surface area contributed by atoms with Crippen LogP contribution in [-0.2, 0) is 21.2 Å². The third kappa shape index (κ3) is 7.33. The molecule has 3 aromatic rings. The standard InChI is InChI=1S/C28H34N2O4S/c1-4-20-34-27-10-6-5-8-24(27)9-7-19-29-28(31)21-30(25-15-11-22(2)12-16-25)35(32,33)26-17-13-23(3)14-18-26/h5-6,8,10-18H,4,7,9,19-21H2,1-3H3,(H,29,31). The molecule has 0 aliphatic carbocycles. The first kappa shape index (κ1) is 26.3. The van der Waals surface area contributed by atoms with Gasteiger partial charge in [-0.15, -0.1) is 0 Å². The van der Waals surface area contributed by atoms with Gasteiger partial charge in [-0.2, -0.15) is 0 Å². The number of carbonyl (C=O) groups is 1. The second-order valence-electron chi connectivity index (χ2n) is 8.57. The molecule has 7 heteroatoms. The van der Waals surface area contributed by atoms with Crippen LogP contribution in [0, 0.1) is 13.8 Å². The van der Waals surface area contributed by atoms with Crippen LogP contribution in [0.2, 0.25) is 0 Å². The normalized spacial score (nSPS) is 11.2. The summed E-state index contributed by atoms with van der Waals surface area (Å²) in [5, 5.41) is 2.87. The lowest BCUT2D eigenvalue weighted by molar-refractivity contribution is -0.119. The average molecular weight is 495 g/mol. The third-order valence-corrected chi connectivity index (χ3v) is 7.39. The smallest absolute Gasteiger partial charge is 0.264 e. The maximum Gasteiger partial charge on any atom is 0.264 e. The van der Waals surface area contributed by atoms with Crippen molar-refractivity contribution >= 4 is 21.6 Å². The van der Waals surface area contributed by atoms with Crippen LogP contribution in [0.15, 0.2) is 77.7 Å². The fourth-order valence-corrected chi connectivity index (χ4v) is 5.04. The molecule has 6 nitrogen and oxygen atoms in total. The molecule has 0 unspecified atom stereocenters. The lowest BCUT2D eigenvalue weighted by Gasteiger charge is -2.24. The summed E-state index contributed by atoms with van der Waals surface area (Å²) in [5.74, 6) is 0.521. The molecule has 186 valence electrons. The molecule has 0 fully saturated rings. The molecular formula is C28H34N2O4S. The van der Waals surface area contributed by atoms with E-state index in [1.165, 1.54) is 4.31 Å². The molecule has 0 bridgehead atoms. The Morgan fingerprint density at radius 2 is 1.54 bits per heavy atom. The highest BCUT2D eigenvalue weighted by atomic mass is 32.2. The second kappa shape index (κ2) is 12.4. The molecule has 0 heterocycles. The predicted molar refractivity (Wildman–Crippen MR) is 140 cm³/mol. The van der Waals surface area contributed by atoms with E-state index in [2.05, 4.69) is 12.2 Å². The van der Waals surface area contributed by atoms with Crippen molar-refractivity contribution in [2.75, 3.05) is 24.0 Å². The second-order valence-corrected chi connectivity index (χ2v) is 10.4. The molecule has 0 aliphatic rings. The van der Waals surface area contributed by atoms with Crippen molar-refractivity contribution in [3.63, 3.8) is 0 Å². The molecule has 3 rings (SSSR count). The Labute approximate surface area is 209 Å². The molecule has 0 spiro atoms. The van der Waals surface area contributed by atoms with E-state index in [0.717, 1.165) is 35.3 Å². The summed E-state index contributed by atoms with van der Waals surface area (Å²) in [6, 6.07) is 21.7. The maximum atomic E-state index is 13.4. The van der Waals surface area contributed by atoms with E-state index in [9.17, 15) is 13.2 Å². The highest BCUT2D eigenvalue weighted by molar-refractivity contribution is 7.92. The number of hydrogen-bond donors (Lipinski definition) is 1. The highest BCUT2D eigenvalue weighted by Crippen LogP contribution is 2.24. The number of nitrogens with one attached hydrogen (secondary N) is 1. The summed E-state index contributed by atoms with van der Waals surface area (Å²) in [6.45, 7) is 6.70. The van der Waals surface area contributed by atoms with E-state index in [1.54, 1.807) is 36.4 Å². The number of nitrogens with zero attached hydrogens (tertiary/aromatic N) is 1. The lowest BCUT2D eigenvalue weighted by Crippen LogP contribution is -2.41. The van der Waals surface area contributed by atoms with Gasteiger partial charge < -0.3 is 10.1 Å². The van der Waals surface area contributed by atoms with Crippen LogP contribution < -0.4 is 14.4 Å². The molecule has 0 atom stereocenters. The first-order valence-corrected chi connectivity index (χ1v) is 13.4. The minimum atomic E-state index is -3.91. The van der Waals surface area contributed by atoms with Crippen LogP contribution in [0.3, 0.4) is 0 Å². The largest absolute Gasteiger partial charge is 0.493 e. The van der Waals surface area contributed by atoms with Crippen LogP contribution in [0.5, 0.6) is 5.75 Å². The molecule has 35 heavy (non-hydrogen) atoms. The molecule has 0 aliphatic heterocycles. The van der Waals surface area contributed by atoms with Gasteiger partial charge in [0.05, 0.1) is 17.2 Å². The summed E-state index contributed by atoms with van der Waals surface area (Å²) >= 11 is 0. The molecule has 0 saturated carbocycles. The number of sulfonamides is 1. The summed E-state index contributed by atoms with van der Waals surface area (Å²) in [6.07, 6.45) is 2.41. The average Bonchev–Trinajstić information content (AvgIpc) is 2.85. The monoisotopic (exact) mass is 494 g/mol. The number of aryl methyl sites for hydroxylation is 3. The Balaban J connectivity index is 1.66. The number of benzene rings is 3. The summed E-state index contributed by atoms with van der Waals surface area (Å²) < 4.78 is 33.8. The first-order valence-electron chi connectivity index (χ1n) is 11.9. The number of rotatable bonds is 12. The van der Waals surface area contributed by atoms with E-state index in [-0.39, 0.29) is 17.3 Å². The van der Waals surface area contributed by atoms with Crippen LogP contribution in [-0.4, -0.2) is 34.0 Å². The predicted octanol–water partition coefficient (Wildman–Crippen LogP) is 5.04. The van der Waals surface area contributed by atoms with Gasteiger partial charge in [-0.05, 0) is 69.0 Å². The van der Waals surface area contributed by atoms with Gasteiger partial charge in [0, 0.05) is 6.54 Å².